The first-order valence-corrected chi connectivity index (χ1v) is 9.60. The topological polar surface area (TPSA) is 21.6 Å². The summed E-state index contributed by atoms with van der Waals surface area (Å²) < 4.78 is 5.90. The number of hydrogen-bond donors (Lipinski definition) is 0. The Balaban J connectivity index is 1.93. The van der Waals surface area contributed by atoms with E-state index in [2.05, 4.69) is 75.0 Å². The van der Waals surface area contributed by atoms with E-state index < -0.39 is 0 Å². The number of nitrogens with zero attached hydrogens (tertiary/aromatic N) is 1. The third-order valence-corrected chi connectivity index (χ3v) is 4.21. The summed E-state index contributed by atoms with van der Waals surface area (Å²) in [4.78, 5) is 4.57. The van der Waals surface area contributed by atoms with Crippen molar-refractivity contribution in [2.75, 3.05) is 6.61 Å². The molecule has 2 heteroatoms. The quantitative estimate of drug-likeness (QED) is 0.451. The maximum absolute atomic E-state index is 5.90. The molecule has 0 aliphatic rings. The van der Waals surface area contributed by atoms with Gasteiger partial charge in [0.2, 0.25) is 0 Å². The molecule has 0 N–H and O–H groups in total. The van der Waals surface area contributed by atoms with E-state index in [-0.39, 0.29) is 5.41 Å². The van der Waals surface area contributed by atoms with Gasteiger partial charge in [0.05, 0.1) is 17.9 Å². The smallest absolute Gasteiger partial charge is 0.119 e. The molecule has 0 radical (unpaired) electrons. The zero-order chi connectivity index (χ0) is 20.0. The molecule has 0 amide bonds. The van der Waals surface area contributed by atoms with Gasteiger partial charge in [-0.2, -0.15) is 0 Å². The zero-order valence-electron chi connectivity index (χ0n) is 17.1. The molecule has 3 aromatic carbocycles. The van der Waals surface area contributed by atoms with Gasteiger partial charge >= 0.3 is 0 Å². The highest BCUT2D eigenvalue weighted by molar-refractivity contribution is 5.99. The maximum Gasteiger partial charge on any atom is 0.119 e. The Morgan fingerprint density at radius 3 is 2.04 bits per heavy atom. The van der Waals surface area contributed by atoms with E-state index in [9.17, 15) is 0 Å². The predicted octanol–water partition coefficient (Wildman–Crippen LogP) is 6.85. The normalized spacial score (nSPS) is 10.9. The second-order valence-electron chi connectivity index (χ2n) is 8.17. The molecule has 0 saturated heterocycles. The van der Waals surface area contributed by atoms with Gasteiger partial charge in [0.15, 0.2) is 0 Å². The van der Waals surface area contributed by atoms with Crippen LogP contribution in [0.5, 0.6) is 5.75 Å². The third-order valence-electron chi connectivity index (χ3n) is 4.21. The van der Waals surface area contributed by atoms with Gasteiger partial charge in [-0.15, -0.1) is 0 Å². The van der Waals surface area contributed by atoms with Crippen molar-refractivity contribution < 1.29 is 4.74 Å². The van der Waals surface area contributed by atoms with E-state index in [0.29, 0.717) is 6.61 Å². The first-order valence-electron chi connectivity index (χ1n) is 9.60. The molecule has 0 spiro atoms. The van der Waals surface area contributed by atoms with E-state index in [0.717, 1.165) is 28.1 Å². The molecule has 2 nitrogen and oxygen atoms in total. The van der Waals surface area contributed by atoms with Crippen LogP contribution in [0, 0.1) is 12.3 Å². The predicted molar refractivity (Wildman–Crippen MR) is 119 cm³/mol. The van der Waals surface area contributed by atoms with Gasteiger partial charge in [-0.1, -0.05) is 68.8 Å². The SMILES string of the molecule is Cc1ccc(N=C=C(c2ccccc2)c2ccc(OCC(C)(C)C)cc2)cc1. The fourth-order valence-corrected chi connectivity index (χ4v) is 2.66. The van der Waals surface area contributed by atoms with Crippen molar-refractivity contribution in [3.8, 4) is 5.75 Å². The number of aryl methyl sites for hydroxylation is 1. The van der Waals surface area contributed by atoms with Crippen LogP contribution in [0.4, 0.5) is 5.69 Å². The third kappa shape index (κ3) is 5.70. The standard InChI is InChI=1S/C26H27NO/c1-20-10-14-23(15-11-20)27-18-25(21-8-6-5-7-9-21)22-12-16-24(17-13-22)28-19-26(2,3)4/h5-17H,19H2,1-4H3. The molecule has 0 fully saturated rings. The summed E-state index contributed by atoms with van der Waals surface area (Å²) in [6.07, 6.45) is 0. The molecular formula is C26H27NO. The van der Waals surface area contributed by atoms with Crippen molar-refractivity contribution in [2.24, 2.45) is 10.4 Å². The fraction of sp³-hybridized carbons (Fsp3) is 0.231. The molecule has 3 aromatic rings. The van der Waals surface area contributed by atoms with E-state index >= 15 is 0 Å². The molecule has 3 rings (SSSR count). The van der Waals surface area contributed by atoms with Crippen molar-refractivity contribution in [3.63, 3.8) is 0 Å². The summed E-state index contributed by atoms with van der Waals surface area (Å²) in [6, 6.07) is 26.5. The minimum atomic E-state index is 0.133. The van der Waals surface area contributed by atoms with Crippen molar-refractivity contribution >= 4 is 17.1 Å². The summed E-state index contributed by atoms with van der Waals surface area (Å²) in [5.41, 5.74) is 5.35. The zero-order valence-corrected chi connectivity index (χ0v) is 17.1. The van der Waals surface area contributed by atoms with Gasteiger partial charge < -0.3 is 4.74 Å². The molecule has 0 aliphatic heterocycles. The second kappa shape index (κ2) is 8.73. The van der Waals surface area contributed by atoms with Gasteiger partial charge in [-0.05, 0) is 65.7 Å². The van der Waals surface area contributed by atoms with Crippen LogP contribution in [0.2, 0.25) is 0 Å². The Kier molecular flexibility index (Phi) is 6.13. The number of aliphatic imine (C=N–C) groups is 1. The van der Waals surface area contributed by atoms with Crippen LogP contribution in [-0.4, -0.2) is 12.5 Å². The highest BCUT2D eigenvalue weighted by atomic mass is 16.5. The lowest BCUT2D eigenvalue weighted by atomic mass is 9.98. The van der Waals surface area contributed by atoms with Crippen LogP contribution in [0.1, 0.15) is 37.5 Å². The molecule has 0 aromatic heterocycles. The first kappa shape index (κ1) is 19.7. The summed E-state index contributed by atoms with van der Waals surface area (Å²) in [6.45, 7) is 9.25. The molecule has 0 atom stereocenters. The maximum atomic E-state index is 5.90. The van der Waals surface area contributed by atoms with E-state index in [1.807, 2.05) is 42.5 Å². The minimum Gasteiger partial charge on any atom is -0.493 e. The number of ether oxygens (including phenoxy) is 1. The van der Waals surface area contributed by atoms with Crippen LogP contribution in [0.15, 0.2) is 83.9 Å². The van der Waals surface area contributed by atoms with Crippen molar-refractivity contribution in [3.05, 3.63) is 95.6 Å². The van der Waals surface area contributed by atoms with Crippen LogP contribution >= 0.6 is 0 Å². The van der Waals surface area contributed by atoms with Gasteiger partial charge in [0, 0.05) is 0 Å². The molecular weight excluding hydrogens is 342 g/mol. The van der Waals surface area contributed by atoms with Crippen molar-refractivity contribution in [1.82, 2.24) is 0 Å². The van der Waals surface area contributed by atoms with Gasteiger partial charge in [0.25, 0.3) is 0 Å². The molecule has 0 saturated carbocycles. The lowest BCUT2D eigenvalue weighted by Crippen LogP contribution is -2.16. The van der Waals surface area contributed by atoms with Gasteiger partial charge in [-0.25, -0.2) is 4.99 Å². The largest absolute Gasteiger partial charge is 0.493 e. The Hall–Kier alpha value is -3.09. The van der Waals surface area contributed by atoms with E-state index in [4.69, 9.17) is 4.74 Å². The fourth-order valence-electron chi connectivity index (χ4n) is 2.66. The monoisotopic (exact) mass is 369 g/mol. The Morgan fingerprint density at radius 2 is 1.43 bits per heavy atom. The number of hydrogen-bond acceptors (Lipinski definition) is 2. The Labute approximate surface area is 168 Å². The van der Waals surface area contributed by atoms with Crippen molar-refractivity contribution in [1.29, 1.82) is 0 Å². The lowest BCUT2D eigenvalue weighted by Gasteiger charge is -2.19. The summed E-state index contributed by atoms with van der Waals surface area (Å²) in [5.74, 6) is 4.14. The van der Waals surface area contributed by atoms with Crippen LogP contribution in [-0.2, 0) is 0 Å². The van der Waals surface area contributed by atoms with Crippen LogP contribution in [0.3, 0.4) is 0 Å². The molecule has 142 valence electrons. The Bertz CT molecular complexity index is 956. The summed E-state index contributed by atoms with van der Waals surface area (Å²) in [7, 11) is 0. The summed E-state index contributed by atoms with van der Waals surface area (Å²) >= 11 is 0. The second-order valence-corrected chi connectivity index (χ2v) is 8.17. The highest BCUT2D eigenvalue weighted by Crippen LogP contribution is 2.25. The summed E-state index contributed by atoms with van der Waals surface area (Å²) in [5, 5.41) is 0. The molecule has 28 heavy (non-hydrogen) atoms. The molecule has 0 unspecified atom stereocenters. The van der Waals surface area contributed by atoms with E-state index in [1.54, 1.807) is 0 Å². The highest BCUT2D eigenvalue weighted by Gasteiger charge is 2.11. The first-order chi connectivity index (χ1) is 13.4. The minimum absolute atomic E-state index is 0.133. The van der Waals surface area contributed by atoms with Gasteiger partial charge in [-0.3, -0.25) is 0 Å². The number of benzene rings is 3. The van der Waals surface area contributed by atoms with E-state index in [1.165, 1.54) is 5.56 Å². The average Bonchev–Trinajstić information content (AvgIpc) is 2.69. The lowest BCUT2D eigenvalue weighted by molar-refractivity contribution is 0.198. The molecule has 0 bridgehead atoms. The van der Waals surface area contributed by atoms with Crippen LogP contribution in [0.25, 0.3) is 5.57 Å². The van der Waals surface area contributed by atoms with Crippen molar-refractivity contribution in [2.45, 2.75) is 27.7 Å². The Morgan fingerprint density at radius 1 is 0.821 bits per heavy atom. The molecule has 0 heterocycles. The molecule has 0 aliphatic carbocycles. The van der Waals surface area contributed by atoms with Crippen LogP contribution < -0.4 is 4.74 Å². The van der Waals surface area contributed by atoms with Gasteiger partial charge in [0.1, 0.15) is 5.75 Å². The number of rotatable bonds is 5. The average molecular weight is 370 g/mol.